The van der Waals surface area contributed by atoms with Crippen LogP contribution in [0.25, 0.3) is 0 Å². The quantitative estimate of drug-likeness (QED) is 0.340. The van der Waals surface area contributed by atoms with Gasteiger partial charge in [0, 0.05) is 68.7 Å². The number of amides is 1. The number of carbonyl (C=O) groups is 1. The molecule has 1 aromatic rings. The fourth-order valence-electron chi connectivity index (χ4n) is 7.50. The van der Waals surface area contributed by atoms with Gasteiger partial charge < -0.3 is 19.9 Å². The van der Waals surface area contributed by atoms with Gasteiger partial charge in [0.1, 0.15) is 0 Å². The number of hydrogen-bond donors (Lipinski definition) is 1. The summed E-state index contributed by atoms with van der Waals surface area (Å²) in [7, 11) is 1.92. The maximum atomic E-state index is 12.1. The number of halogens is 1. The van der Waals surface area contributed by atoms with Crippen LogP contribution in [-0.2, 0) is 9.53 Å². The molecule has 6 nitrogen and oxygen atoms in total. The van der Waals surface area contributed by atoms with E-state index in [1.54, 1.807) is 0 Å². The molecule has 33 heavy (non-hydrogen) atoms. The molecular weight excluding hydrogens is 527 g/mol. The third-order valence-corrected chi connectivity index (χ3v) is 9.03. The van der Waals surface area contributed by atoms with Crippen LogP contribution in [-0.4, -0.2) is 62.2 Å². The molecule has 1 spiro atoms. The minimum Gasteiger partial charge on any atom is -0.377 e. The second kappa shape index (κ2) is 9.36. The number of benzene rings is 1. The van der Waals surface area contributed by atoms with Gasteiger partial charge in [-0.1, -0.05) is 31.0 Å². The van der Waals surface area contributed by atoms with E-state index in [0.29, 0.717) is 35.3 Å². The standard InChI is InChI=1S/C26H36N4O2.HI/c1-27-25(28-23-20-11-16-32-24(20)26(23)12-4-5-13-26)30-17-18(19-7-2-3-8-21(19)30)10-15-29-14-6-9-22(29)31;/h2-3,7-8,18,20,23-24H,4-6,9-17H2,1H3,(H,27,28);1H. The highest BCUT2D eigenvalue weighted by Crippen LogP contribution is 2.60. The van der Waals surface area contributed by atoms with Gasteiger partial charge in [-0.3, -0.25) is 9.79 Å². The lowest BCUT2D eigenvalue weighted by Crippen LogP contribution is -2.69. The van der Waals surface area contributed by atoms with Crippen molar-refractivity contribution in [3.8, 4) is 0 Å². The van der Waals surface area contributed by atoms with Crippen molar-refractivity contribution in [1.82, 2.24) is 10.2 Å². The van der Waals surface area contributed by atoms with Crippen LogP contribution in [0.15, 0.2) is 29.3 Å². The third-order valence-electron chi connectivity index (χ3n) is 9.03. The van der Waals surface area contributed by atoms with E-state index in [9.17, 15) is 4.79 Å². The molecule has 5 aliphatic rings. The average Bonchev–Trinajstić information content (AvgIpc) is 3.59. The van der Waals surface area contributed by atoms with Gasteiger partial charge in [0.15, 0.2) is 5.96 Å². The van der Waals surface area contributed by atoms with Gasteiger partial charge in [-0.25, -0.2) is 0 Å². The Balaban J connectivity index is 0.00000228. The number of aliphatic imine (C=N–C) groups is 1. The van der Waals surface area contributed by atoms with Crippen molar-refractivity contribution >= 4 is 41.5 Å². The number of para-hydroxylation sites is 1. The predicted octanol–water partition coefficient (Wildman–Crippen LogP) is 4.14. The van der Waals surface area contributed by atoms with Gasteiger partial charge in [-0.15, -0.1) is 24.0 Å². The van der Waals surface area contributed by atoms with Crippen LogP contribution in [0.4, 0.5) is 5.69 Å². The van der Waals surface area contributed by atoms with E-state index in [0.717, 1.165) is 51.5 Å². The Morgan fingerprint density at radius 1 is 1.24 bits per heavy atom. The molecular formula is C26H37IN4O2. The SMILES string of the molecule is CN=C(NC1C2CCOC2C12CCCC2)N1CC(CCN2CCCC2=O)c2ccccc21.I. The summed E-state index contributed by atoms with van der Waals surface area (Å²) in [5.74, 6) is 2.40. The fraction of sp³-hybridized carbons (Fsp3) is 0.692. The zero-order valence-electron chi connectivity index (χ0n) is 19.7. The number of carbonyl (C=O) groups excluding carboxylic acids is 1. The van der Waals surface area contributed by atoms with Gasteiger partial charge >= 0.3 is 0 Å². The Morgan fingerprint density at radius 2 is 2.06 bits per heavy atom. The molecule has 2 aliphatic carbocycles. The average molecular weight is 565 g/mol. The van der Waals surface area contributed by atoms with Gasteiger partial charge in [-0.05, 0) is 43.7 Å². The number of likely N-dealkylation sites (tertiary alicyclic amines) is 1. The van der Waals surface area contributed by atoms with Crippen LogP contribution in [0.5, 0.6) is 0 Å². The van der Waals surface area contributed by atoms with E-state index in [-0.39, 0.29) is 24.0 Å². The Bertz CT molecular complexity index is 915. The first-order chi connectivity index (χ1) is 15.7. The summed E-state index contributed by atoms with van der Waals surface area (Å²) in [5, 5.41) is 3.95. The van der Waals surface area contributed by atoms with Crippen LogP contribution >= 0.6 is 24.0 Å². The van der Waals surface area contributed by atoms with Crippen molar-refractivity contribution in [1.29, 1.82) is 0 Å². The number of hydrogen-bond acceptors (Lipinski definition) is 3. The molecule has 0 radical (unpaired) electrons. The first-order valence-corrected chi connectivity index (χ1v) is 12.7. The minimum absolute atomic E-state index is 0. The predicted molar refractivity (Wildman–Crippen MR) is 141 cm³/mol. The molecule has 3 aliphatic heterocycles. The molecule has 2 saturated carbocycles. The number of fused-ring (bicyclic) bond motifs is 3. The number of ether oxygens (including phenoxy) is 1. The highest BCUT2D eigenvalue weighted by atomic mass is 127. The molecule has 4 unspecified atom stereocenters. The Morgan fingerprint density at radius 3 is 2.82 bits per heavy atom. The summed E-state index contributed by atoms with van der Waals surface area (Å²) < 4.78 is 6.20. The molecule has 2 saturated heterocycles. The zero-order chi connectivity index (χ0) is 21.7. The molecule has 4 atom stereocenters. The van der Waals surface area contributed by atoms with E-state index >= 15 is 0 Å². The van der Waals surface area contributed by atoms with Gasteiger partial charge in [0.25, 0.3) is 0 Å². The molecule has 0 aromatic heterocycles. The van der Waals surface area contributed by atoms with E-state index in [1.807, 2.05) is 7.05 Å². The van der Waals surface area contributed by atoms with Crippen LogP contribution < -0.4 is 10.2 Å². The van der Waals surface area contributed by atoms with Crippen molar-refractivity contribution in [3.63, 3.8) is 0 Å². The van der Waals surface area contributed by atoms with E-state index in [1.165, 1.54) is 43.4 Å². The van der Waals surface area contributed by atoms with Gasteiger partial charge in [-0.2, -0.15) is 0 Å². The molecule has 1 N–H and O–H groups in total. The maximum absolute atomic E-state index is 12.1. The van der Waals surface area contributed by atoms with E-state index < -0.39 is 0 Å². The highest BCUT2D eigenvalue weighted by Gasteiger charge is 2.65. The summed E-state index contributed by atoms with van der Waals surface area (Å²) >= 11 is 0. The van der Waals surface area contributed by atoms with E-state index in [4.69, 9.17) is 9.73 Å². The number of rotatable bonds is 4. The fourth-order valence-corrected chi connectivity index (χ4v) is 7.50. The largest absolute Gasteiger partial charge is 0.377 e. The lowest BCUT2D eigenvalue weighted by molar-refractivity contribution is -0.127. The molecule has 3 heterocycles. The molecule has 1 aromatic carbocycles. The number of guanidine groups is 1. The van der Waals surface area contributed by atoms with Crippen molar-refractivity contribution in [3.05, 3.63) is 29.8 Å². The molecule has 1 amide bonds. The van der Waals surface area contributed by atoms with E-state index in [2.05, 4.69) is 39.4 Å². The summed E-state index contributed by atoms with van der Waals surface area (Å²) in [6, 6.07) is 9.25. The highest BCUT2D eigenvalue weighted by molar-refractivity contribution is 14.0. The van der Waals surface area contributed by atoms with Gasteiger partial charge in [0.2, 0.25) is 5.91 Å². The summed E-state index contributed by atoms with van der Waals surface area (Å²) in [5.41, 5.74) is 2.98. The smallest absolute Gasteiger partial charge is 0.222 e. The van der Waals surface area contributed by atoms with Crippen LogP contribution in [0.3, 0.4) is 0 Å². The van der Waals surface area contributed by atoms with Crippen molar-refractivity contribution < 1.29 is 9.53 Å². The van der Waals surface area contributed by atoms with Gasteiger partial charge in [0.05, 0.1) is 6.10 Å². The monoisotopic (exact) mass is 564 g/mol. The second-order valence-corrected chi connectivity index (χ2v) is 10.5. The van der Waals surface area contributed by atoms with Crippen LogP contribution in [0.2, 0.25) is 0 Å². The minimum atomic E-state index is 0. The van der Waals surface area contributed by atoms with Crippen LogP contribution in [0, 0.1) is 11.3 Å². The summed E-state index contributed by atoms with van der Waals surface area (Å²) in [4.78, 5) is 21.3. The zero-order valence-corrected chi connectivity index (χ0v) is 22.0. The molecule has 6 rings (SSSR count). The molecule has 4 fully saturated rings. The molecule has 180 valence electrons. The third kappa shape index (κ3) is 3.77. The molecule has 0 bridgehead atoms. The Hall–Kier alpha value is -1.35. The summed E-state index contributed by atoms with van der Waals surface area (Å²) in [6.07, 6.45) is 9.60. The second-order valence-electron chi connectivity index (χ2n) is 10.5. The maximum Gasteiger partial charge on any atom is 0.222 e. The van der Waals surface area contributed by atoms with Crippen LogP contribution in [0.1, 0.15) is 62.8 Å². The number of nitrogens with zero attached hydrogens (tertiary/aromatic N) is 3. The van der Waals surface area contributed by atoms with Crippen molar-refractivity contribution in [2.24, 2.45) is 16.3 Å². The first kappa shape index (κ1) is 23.4. The van der Waals surface area contributed by atoms with Crippen molar-refractivity contribution in [2.45, 2.75) is 69.4 Å². The van der Waals surface area contributed by atoms with Crippen molar-refractivity contribution in [2.75, 3.05) is 38.2 Å². The Kier molecular flexibility index (Phi) is 6.64. The Labute approximate surface area is 214 Å². The number of anilines is 1. The number of nitrogens with one attached hydrogen (secondary N) is 1. The normalized spacial score (nSPS) is 32.0. The topological polar surface area (TPSA) is 57.2 Å². The first-order valence-electron chi connectivity index (χ1n) is 12.7. The summed E-state index contributed by atoms with van der Waals surface area (Å²) in [6.45, 7) is 3.64. The lowest BCUT2D eigenvalue weighted by Gasteiger charge is -2.57. The molecule has 7 heteroatoms. The lowest BCUT2D eigenvalue weighted by atomic mass is 9.54.